The third kappa shape index (κ3) is 5.88. The van der Waals surface area contributed by atoms with E-state index in [-0.39, 0.29) is 23.4 Å². The summed E-state index contributed by atoms with van der Waals surface area (Å²) in [6.07, 6.45) is 0.465. The number of hydrogen-bond acceptors (Lipinski definition) is 7. The van der Waals surface area contributed by atoms with Crippen LogP contribution >= 0.6 is 0 Å². The largest absolute Gasteiger partial charge is 0.507 e. The molecule has 0 saturated carbocycles. The zero-order chi connectivity index (χ0) is 27.9. The van der Waals surface area contributed by atoms with Crippen LogP contribution in [0.2, 0.25) is 0 Å². The second-order valence-electron chi connectivity index (χ2n) is 8.87. The van der Waals surface area contributed by atoms with E-state index in [0.717, 1.165) is 11.6 Å². The first-order valence-corrected chi connectivity index (χ1v) is 12.4. The first-order chi connectivity index (χ1) is 18.9. The first-order valence-electron chi connectivity index (χ1n) is 12.4. The van der Waals surface area contributed by atoms with Gasteiger partial charge in [0, 0.05) is 25.8 Å². The maximum Gasteiger partial charge on any atom is 0.295 e. The number of carbonyl (C=O) groups excluding carboxylic acids is 2. The molecular formula is C30H30FNO7. The van der Waals surface area contributed by atoms with Crippen molar-refractivity contribution in [3.8, 4) is 17.2 Å². The molecule has 8 nitrogen and oxygen atoms in total. The van der Waals surface area contributed by atoms with Crippen molar-refractivity contribution in [3.05, 3.63) is 94.8 Å². The molecule has 3 aromatic carbocycles. The molecule has 39 heavy (non-hydrogen) atoms. The molecule has 0 aromatic heterocycles. The highest BCUT2D eigenvalue weighted by atomic mass is 19.1. The lowest BCUT2D eigenvalue weighted by molar-refractivity contribution is -0.140. The lowest BCUT2D eigenvalue weighted by Gasteiger charge is -2.26. The zero-order valence-corrected chi connectivity index (χ0v) is 22.0. The predicted octanol–water partition coefficient (Wildman–Crippen LogP) is 4.88. The molecule has 3 aromatic rings. The first kappa shape index (κ1) is 27.7. The Balaban J connectivity index is 1.76. The Bertz CT molecular complexity index is 1370. The van der Waals surface area contributed by atoms with Gasteiger partial charge in [-0.2, -0.15) is 0 Å². The summed E-state index contributed by atoms with van der Waals surface area (Å²) in [4.78, 5) is 27.7. The second kappa shape index (κ2) is 12.4. The number of benzene rings is 3. The van der Waals surface area contributed by atoms with Gasteiger partial charge < -0.3 is 29.0 Å². The lowest BCUT2D eigenvalue weighted by Crippen LogP contribution is -2.31. The summed E-state index contributed by atoms with van der Waals surface area (Å²) >= 11 is 0. The van der Waals surface area contributed by atoms with Crippen LogP contribution in [0, 0.1) is 5.82 Å². The lowest BCUT2D eigenvalue weighted by atomic mass is 9.94. The number of nitrogens with zero attached hydrogens (tertiary/aromatic N) is 1. The SMILES string of the molecule is COCCCN1C(=O)C(=O)C(=C(O)c2ccc(OC)c(F)c2)C1c1ccc(OCc2ccccc2)c(OC)c1. The predicted molar refractivity (Wildman–Crippen MR) is 142 cm³/mol. The van der Waals surface area contributed by atoms with Gasteiger partial charge in [-0.05, 0) is 47.9 Å². The van der Waals surface area contributed by atoms with Crippen LogP contribution in [0.5, 0.6) is 17.2 Å². The minimum absolute atomic E-state index is 0.0149. The van der Waals surface area contributed by atoms with Crippen LogP contribution in [0.25, 0.3) is 5.76 Å². The Morgan fingerprint density at radius 1 is 0.923 bits per heavy atom. The third-order valence-corrected chi connectivity index (χ3v) is 6.45. The number of likely N-dealkylation sites (tertiary alicyclic amines) is 1. The van der Waals surface area contributed by atoms with Gasteiger partial charge in [-0.3, -0.25) is 9.59 Å². The molecule has 0 bridgehead atoms. The number of ether oxygens (including phenoxy) is 4. The zero-order valence-electron chi connectivity index (χ0n) is 22.0. The number of hydrogen-bond donors (Lipinski definition) is 1. The molecule has 1 unspecified atom stereocenters. The molecule has 1 fully saturated rings. The molecule has 1 heterocycles. The summed E-state index contributed by atoms with van der Waals surface area (Å²) in [5.74, 6) is -1.99. The minimum Gasteiger partial charge on any atom is -0.507 e. The van der Waals surface area contributed by atoms with Gasteiger partial charge in [-0.15, -0.1) is 0 Å². The Hall–Kier alpha value is -4.37. The van der Waals surface area contributed by atoms with E-state index in [9.17, 15) is 19.1 Å². The summed E-state index contributed by atoms with van der Waals surface area (Å²) in [7, 11) is 4.36. The highest BCUT2D eigenvalue weighted by molar-refractivity contribution is 6.46. The van der Waals surface area contributed by atoms with E-state index in [0.29, 0.717) is 36.7 Å². The molecule has 204 valence electrons. The Labute approximate surface area is 226 Å². The van der Waals surface area contributed by atoms with Gasteiger partial charge in [0.25, 0.3) is 11.7 Å². The topological polar surface area (TPSA) is 94.5 Å². The monoisotopic (exact) mass is 535 g/mol. The van der Waals surface area contributed by atoms with E-state index in [1.54, 1.807) is 25.3 Å². The van der Waals surface area contributed by atoms with E-state index in [2.05, 4.69) is 0 Å². The molecule has 1 N–H and O–H groups in total. The van der Waals surface area contributed by atoms with E-state index in [4.69, 9.17) is 18.9 Å². The second-order valence-corrected chi connectivity index (χ2v) is 8.87. The number of carbonyl (C=O) groups is 2. The van der Waals surface area contributed by atoms with Crippen LogP contribution in [0.15, 0.2) is 72.3 Å². The number of rotatable bonds is 11. The molecular weight excluding hydrogens is 505 g/mol. The maximum absolute atomic E-state index is 14.4. The van der Waals surface area contributed by atoms with Crippen molar-refractivity contribution in [2.75, 3.05) is 34.5 Å². The maximum atomic E-state index is 14.4. The third-order valence-electron chi connectivity index (χ3n) is 6.45. The van der Waals surface area contributed by atoms with E-state index >= 15 is 0 Å². The summed E-state index contributed by atoms with van der Waals surface area (Å²) in [5.41, 5.74) is 1.39. The summed E-state index contributed by atoms with van der Waals surface area (Å²) < 4.78 is 36.0. The highest BCUT2D eigenvalue weighted by Gasteiger charge is 2.46. The fraction of sp³-hybridized carbons (Fsp3) is 0.267. The van der Waals surface area contributed by atoms with Crippen molar-refractivity contribution in [1.29, 1.82) is 0 Å². The number of amides is 1. The van der Waals surface area contributed by atoms with Crippen LogP contribution < -0.4 is 14.2 Å². The smallest absolute Gasteiger partial charge is 0.295 e. The van der Waals surface area contributed by atoms with Gasteiger partial charge in [0.1, 0.15) is 12.4 Å². The normalized spacial score (nSPS) is 16.4. The van der Waals surface area contributed by atoms with E-state index in [1.807, 2.05) is 30.3 Å². The summed E-state index contributed by atoms with van der Waals surface area (Å²) in [6, 6.07) is 17.6. The molecule has 1 amide bonds. The molecule has 1 atom stereocenters. The fourth-order valence-corrected chi connectivity index (χ4v) is 4.51. The van der Waals surface area contributed by atoms with E-state index in [1.165, 1.54) is 31.3 Å². The number of ketones is 1. The quantitative estimate of drug-likeness (QED) is 0.162. The molecule has 9 heteroatoms. The summed E-state index contributed by atoms with van der Waals surface area (Å²) in [6.45, 7) is 0.884. The van der Waals surface area contributed by atoms with Crippen LogP contribution in [-0.2, 0) is 20.9 Å². The Morgan fingerprint density at radius 2 is 1.64 bits per heavy atom. The van der Waals surface area contributed by atoms with Crippen LogP contribution in [0.1, 0.15) is 29.2 Å². The van der Waals surface area contributed by atoms with Gasteiger partial charge in [0.2, 0.25) is 0 Å². The molecule has 1 aliphatic rings. The number of methoxy groups -OCH3 is 3. The van der Waals surface area contributed by atoms with Crippen molar-refractivity contribution < 1.29 is 38.0 Å². The average Bonchev–Trinajstić information content (AvgIpc) is 3.21. The Morgan fingerprint density at radius 3 is 2.31 bits per heavy atom. The van der Waals surface area contributed by atoms with Crippen LogP contribution in [-0.4, -0.2) is 56.2 Å². The van der Waals surface area contributed by atoms with Crippen molar-refractivity contribution in [2.24, 2.45) is 0 Å². The van der Waals surface area contributed by atoms with Crippen molar-refractivity contribution in [2.45, 2.75) is 19.1 Å². The average molecular weight is 536 g/mol. The number of halogens is 1. The van der Waals surface area contributed by atoms with Gasteiger partial charge in [-0.25, -0.2) is 4.39 Å². The molecule has 1 saturated heterocycles. The van der Waals surface area contributed by atoms with Crippen LogP contribution in [0.3, 0.4) is 0 Å². The van der Waals surface area contributed by atoms with Gasteiger partial charge in [0.15, 0.2) is 23.1 Å². The number of aliphatic hydroxyl groups is 1. The molecule has 4 rings (SSSR count). The number of Topliss-reactive ketones (excluding diaryl/α,β-unsaturated/α-hetero) is 1. The number of aliphatic hydroxyl groups excluding tert-OH is 1. The molecule has 0 radical (unpaired) electrons. The van der Waals surface area contributed by atoms with Gasteiger partial charge in [0.05, 0.1) is 25.8 Å². The molecule has 0 spiro atoms. The van der Waals surface area contributed by atoms with E-state index < -0.39 is 29.3 Å². The standard InChI is InChI=1S/C30H30FNO7/c1-36-15-7-14-32-27(20-10-13-24(25(17-20)38-3)39-18-19-8-5-4-6-9-19)26(29(34)30(32)35)28(33)21-11-12-23(37-2)22(31)16-21/h4-6,8-13,16-17,27,33H,7,14-15,18H2,1-3H3. The van der Waals surface area contributed by atoms with Crippen molar-refractivity contribution >= 4 is 17.4 Å². The minimum atomic E-state index is -0.941. The molecule has 0 aliphatic carbocycles. The van der Waals surface area contributed by atoms with Gasteiger partial charge in [-0.1, -0.05) is 36.4 Å². The van der Waals surface area contributed by atoms with Crippen molar-refractivity contribution in [1.82, 2.24) is 4.90 Å². The van der Waals surface area contributed by atoms with Gasteiger partial charge >= 0.3 is 0 Å². The summed E-state index contributed by atoms with van der Waals surface area (Å²) in [5, 5.41) is 11.2. The van der Waals surface area contributed by atoms with Crippen molar-refractivity contribution in [3.63, 3.8) is 0 Å². The Kier molecular flexibility index (Phi) is 8.83. The fourth-order valence-electron chi connectivity index (χ4n) is 4.51. The molecule has 1 aliphatic heterocycles. The highest BCUT2D eigenvalue weighted by Crippen LogP contribution is 2.42. The van der Waals surface area contributed by atoms with Crippen LogP contribution in [0.4, 0.5) is 4.39 Å².